The molecular formula is C8H12ClN3S2. The summed E-state index contributed by atoms with van der Waals surface area (Å²) in [6, 6.07) is 0.697. The Morgan fingerprint density at radius 3 is 3.00 bits per heavy atom. The van der Waals surface area contributed by atoms with Crippen molar-refractivity contribution in [1.29, 1.82) is 0 Å². The maximum atomic E-state index is 5.73. The number of halogens is 1. The van der Waals surface area contributed by atoms with E-state index in [9.17, 15) is 0 Å². The fraction of sp³-hybridized carbons (Fsp3) is 0.750. The zero-order valence-corrected chi connectivity index (χ0v) is 10.3. The molecule has 0 bridgehead atoms. The minimum atomic E-state index is 0.536. The summed E-state index contributed by atoms with van der Waals surface area (Å²) in [5, 5.41) is 8.82. The molecule has 0 aliphatic carbocycles. The van der Waals surface area contributed by atoms with Crippen molar-refractivity contribution in [2.24, 2.45) is 0 Å². The van der Waals surface area contributed by atoms with E-state index in [1.807, 2.05) is 11.8 Å². The van der Waals surface area contributed by atoms with Gasteiger partial charge in [-0.05, 0) is 30.8 Å². The van der Waals surface area contributed by atoms with Crippen LogP contribution in [0, 0.1) is 0 Å². The van der Waals surface area contributed by atoms with Crippen LogP contribution in [0.25, 0.3) is 0 Å². The van der Waals surface area contributed by atoms with Crippen molar-refractivity contribution in [3.63, 3.8) is 0 Å². The Morgan fingerprint density at radius 1 is 1.57 bits per heavy atom. The van der Waals surface area contributed by atoms with Crippen molar-refractivity contribution in [2.75, 3.05) is 18.6 Å². The molecule has 1 fully saturated rings. The highest BCUT2D eigenvalue weighted by atomic mass is 35.5. The highest BCUT2D eigenvalue weighted by Crippen LogP contribution is 2.23. The molecule has 78 valence electrons. The lowest BCUT2D eigenvalue weighted by Crippen LogP contribution is -2.30. The third-order valence-corrected chi connectivity index (χ3v) is 4.50. The van der Waals surface area contributed by atoms with Crippen LogP contribution in [0.3, 0.4) is 0 Å². The number of nitrogens with zero attached hydrogens (tertiary/aromatic N) is 3. The third kappa shape index (κ3) is 2.59. The van der Waals surface area contributed by atoms with Crippen LogP contribution in [-0.2, 0) is 6.54 Å². The molecular weight excluding hydrogens is 238 g/mol. The molecule has 2 rings (SSSR count). The second-order valence-electron chi connectivity index (χ2n) is 3.38. The Bertz CT molecular complexity index is 299. The highest BCUT2D eigenvalue weighted by Gasteiger charge is 2.20. The SMILES string of the molecule is CN(Cc1nnc(Cl)s1)C1CCSC1. The van der Waals surface area contributed by atoms with Gasteiger partial charge in [-0.1, -0.05) is 11.3 Å². The average molecular weight is 250 g/mol. The molecule has 3 nitrogen and oxygen atoms in total. The Morgan fingerprint density at radius 2 is 2.43 bits per heavy atom. The zero-order valence-electron chi connectivity index (χ0n) is 7.94. The number of aromatic nitrogens is 2. The van der Waals surface area contributed by atoms with Crippen molar-refractivity contribution in [3.8, 4) is 0 Å². The van der Waals surface area contributed by atoms with Gasteiger partial charge in [-0.25, -0.2) is 0 Å². The molecule has 0 aromatic carbocycles. The van der Waals surface area contributed by atoms with Gasteiger partial charge in [-0.15, -0.1) is 10.2 Å². The first-order chi connectivity index (χ1) is 6.75. The van der Waals surface area contributed by atoms with E-state index in [1.165, 1.54) is 29.3 Å². The van der Waals surface area contributed by atoms with Gasteiger partial charge in [0.15, 0.2) is 0 Å². The minimum absolute atomic E-state index is 0.536. The van der Waals surface area contributed by atoms with Crippen molar-refractivity contribution in [2.45, 2.75) is 19.0 Å². The molecule has 1 unspecified atom stereocenters. The first-order valence-corrected chi connectivity index (χ1v) is 6.86. The molecule has 2 heterocycles. The molecule has 0 amide bonds. The second kappa shape index (κ2) is 4.79. The quantitative estimate of drug-likeness (QED) is 0.821. The maximum absolute atomic E-state index is 5.73. The Hall–Kier alpha value is 0.160. The lowest BCUT2D eigenvalue weighted by atomic mass is 10.2. The Balaban J connectivity index is 1.90. The fourth-order valence-corrected chi connectivity index (χ4v) is 3.74. The summed E-state index contributed by atoms with van der Waals surface area (Å²) in [4.78, 5) is 2.34. The van der Waals surface area contributed by atoms with Gasteiger partial charge in [0.2, 0.25) is 4.47 Å². The minimum Gasteiger partial charge on any atom is -0.296 e. The van der Waals surface area contributed by atoms with E-state index in [2.05, 4.69) is 22.1 Å². The van der Waals surface area contributed by atoms with Crippen molar-refractivity contribution in [3.05, 3.63) is 9.47 Å². The van der Waals surface area contributed by atoms with Crippen LogP contribution in [0.15, 0.2) is 0 Å². The predicted molar refractivity (Wildman–Crippen MR) is 62.1 cm³/mol. The van der Waals surface area contributed by atoms with Crippen molar-refractivity contribution < 1.29 is 0 Å². The molecule has 0 N–H and O–H groups in total. The molecule has 6 heteroatoms. The number of thioether (sulfide) groups is 1. The highest BCUT2D eigenvalue weighted by molar-refractivity contribution is 7.99. The van der Waals surface area contributed by atoms with E-state index < -0.39 is 0 Å². The van der Waals surface area contributed by atoms with Gasteiger partial charge in [0.05, 0.1) is 6.54 Å². The van der Waals surface area contributed by atoms with Crippen LogP contribution < -0.4 is 0 Å². The average Bonchev–Trinajstić information content (AvgIpc) is 2.75. The van der Waals surface area contributed by atoms with Crippen LogP contribution in [0.5, 0.6) is 0 Å². The third-order valence-electron chi connectivity index (χ3n) is 2.36. The van der Waals surface area contributed by atoms with Crippen LogP contribution in [0.2, 0.25) is 4.47 Å². The Kier molecular flexibility index (Phi) is 3.65. The number of hydrogen-bond donors (Lipinski definition) is 0. The topological polar surface area (TPSA) is 29.0 Å². The first-order valence-electron chi connectivity index (χ1n) is 4.51. The van der Waals surface area contributed by atoms with Gasteiger partial charge >= 0.3 is 0 Å². The van der Waals surface area contributed by atoms with E-state index in [0.29, 0.717) is 10.5 Å². The molecule has 1 aliphatic rings. The van der Waals surface area contributed by atoms with Crippen LogP contribution >= 0.6 is 34.7 Å². The van der Waals surface area contributed by atoms with Gasteiger partial charge in [0, 0.05) is 11.8 Å². The van der Waals surface area contributed by atoms with Gasteiger partial charge in [-0.3, -0.25) is 4.90 Å². The second-order valence-corrected chi connectivity index (χ2v) is 6.18. The zero-order chi connectivity index (χ0) is 9.97. The molecule has 0 saturated carbocycles. The van der Waals surface area contributed by atoms with Crippen molar-refractivity contribution >= 4 is 34.7 Å². The van der Waals surface area contributed by atoms with Gasteiger partial charge in [-0.2, -0.15) is 11.8 Å². The molecule has 1 aromatic rings. The van der Waals surface area contributed by atoms with Crippen LogP contribution in [0.4, 0.5) is 0 Å². The molecule has 1 aromatic heterocycles. The summed E-state index contributed by atoms with van der Waals surface area (Å²) in [7, 11) is 2.14. The smallest absolute Gasteiger partial charge is 0.207 e. The normalized spacial score (nSPS) is 22.1. The van der Waals surface area contributed by atoms with E-state index in [0.717, 1.165) is 11.6 Å². The standard InChI is InChI=1S/C8H12ClN3S2/c1-12(6-2-3-13-5-6)4-7-10-11-8(9)14-7/h6H,2-5H2,1H3. The summed E-state index contributed by atoms with van der Waals surface area (Å²) < 4.78 is 0.536. The van der Waals surface area contributed by atoms with E-state index in [4.69, 9.17) is 11.6 Å². The summed E-state index contributed by atoms with van der Waals surface area (Å²) in [6.45, 7) is 0.871. The Labute approximate surface area is 96.8 Å². The summed E-state index contributed by atoms with van der Waals surface area (Å²) in [5.41, 5.74) is 0. The fourth-order valence-electron chi connectivity index (χ4n) is 1.51. The number of hydrogen-bond acceptors (Lipinski definition) is 5. The molecule has 1 aliphatic heterocycles. The van der Waals surface area contributed by atoms with E-state index in [1.54, 1.807) is 0 Å². The van der Waals surface area contributed by atoms with Crippen LogP contribution in [0.1, 0.15) is 11.4 Å². The van der Waals surface area contributed by atoms with Crippen molar-refractivity contribution in [1.82, 2.24) is 15.1 Å². The summed E-state index contributed by atoms with van der Waals surface area (Å²) >= 11 is 9.22. The molecule has 14 heavy (non-hydrogen) atoms. The maximum Gasteiger partial charge on any atom is 0.207 e. The molecule has 1 atom stereocenters. The summed E-state index contributed by atoms with van der Waals surface area (Å²) in [6.07, 6.45) is 1.29. The largest absolute Gasteiger partial charge is 0.296 e. The van der Waals surface area contributed by atoms with Crippen LogP contribution in [-0.4, -0.2) is 39.7 Å². The van der Waals surface area contributed by atoms with Gasteiger partial charge in [0.1, 0.15) is 5.01 Å². The predicted octanol–water partition coefficient (Wildman–Crippen LogP) is 2.13. The molecule has 0 spiro atoms. The first kappa shape index (κ1) is 10.7. The van der Waals surface area contributed by atoms with E-state index >= 15 is 0 Å². The summed E-state index contributed by atoms with van der Waals surface area (Å²) in [5.74, 6) is 2.52. The number of rotatable bonds is 3. The monoisotopic (exact) mass is 249 g/mol. The van der Waals surface area contributed by atoms with Gasteiger partial charge in [0.25, 0.3) is 0 Å². The lowest BCUT2D eigenvalue weighted by molar-refractivity contribution is 0.253. The molecule has 0 radical (unpaired) electrons. The molecule has 1 saturated heterocycles. The van der Waals surface area contributed by atoms with Gasteiger partial charge < -0.3 is 0 Å². The lowest BCUT2D eigenvalue weighted by Gasteiger charge is -2.21. The van der Waals surface area contributed by atoms with E-state index in [-0.39, 0.29) is 0 Å².